The van der Waals surface area contributed by atoms with Crippen LogP contribution < -0.4 is 5.32 Å². The molecule has 6 heteroatoms. The SMILES string of the molecule is CCn1cnnc1CNCc1cnccn1. The molecule has 0 amide bonds. The minimum atomic E-state index is 0.685. The van der Waals surface area contributed by atoms with Gasteiger partial charge in [0.15, 0.2) is 0 Å². The third kappa shape index (κ3) is 2.60. The molecule has 16 heavy (non-hydrogen) atoms. The Morgan fingerprint density at radius 2 is 2.25 bits per heavy atom. The molecular weight excluding hydrogens is 204 g/mol. The largest absolute Gasteiger partial charge is 0.317 e. The first kappa shape index (κ1) is 10.7. The second-order valence-electron chi connectivity index (χ2n) is 3.33. The summed E-state index contributed by atoms with van der Waals surface area (Å²) in [6.45, 7) is 4.32. The summed E-state index contributed by atoms with van der Waals surface area (Å²) in [6.07, 6.45) is 6.83. The van der Waals surface area contributed by atoms with Crippen LogP contribution in [0.4, 0.5) is 0 Å². The molecular formula is C10H14N6. The first-order valence-corrected chi connectivity index (χ1v) is 5.22. The lowest BCUT2D eigenvalue weighted by molar-refractivity contribution is 0.605. The van der Waals surface area contributed by atoms with Gasteiger partial charge in [0.25, 0.3) is 0 Å². The predicted octanol–water partition coefficient (Wildman–Crippen LogP) is 0.378. The molecule has 0 aliphatic heterocycles. The van der Waals surface area contributed by atoms with Crippen LogP contribution in [0.5, 0.6) is 0 Å². The van der Waals surface area contributed by atoms with Crippen LogP contribution in [0.25, 0.3) is 0 Å². The Balaban J connectivity index is 1.85. The topological polar surface area (TPSA) is 68.5 Å². The second kappa shape index (κ2) is 5.32. The second-order valence-corrected chi connectivity index (χ2v) is 3.33. The zero-order valence-corrected chi connectivity index (χ0v) is 9.17. The minimum Gasteiger partial charge on any atom is -0.317 e. The average molecular weight is 218 g/mol. The van der Waals surface area contributed by atoms with Crippen molar-refractivity contribution in [2.45, 2.75) is 26.6 Å². The molecule has 84 valence electrons. The molecule has 0 saturated heterocycles. The quantitative estimate of drug-likeness (QED) is 0.785. The molecule has 2 aromatic heterocycles. The Morgan fingerprint density at radius 1 is 1.31 bits per heavy atom. The first-order valence-electron chi connectivity index (χ1n) is 5.22. The number of hydrogen-bond donors (Lipinski definition) is 1. The van der Waals surface area contributed by atoms with Gasteiger partial charge in [-0.15, -0.1) is 10.2 Å². The van der Waals surface area contributed by atoms with Crippen molar-refractivity contribution in [1.29, 1.82) is 0 Å². The average Bonchev–Trinajstić information content (AvgIpc) is 2.78. The molecule has 2 aromatic rings. The molecule has 0 bridgehead atoms. The molecule has 0 atom stereocenters. The van der Waals surface area contributed by atoms with Gasteiger partial charge in [-0.05, 0) is 6.92 Å². The van der Waals surface area contributed by atoms with Gasteiger partial charge in [0.1, 0.15) is 12.2 Å². The molecule has 0 aromatic carbocycles. The van der Waals surface area contributed by atoms with Crippen molar-refractivity contribution < 1.29 is 0 Å². The Morgan fingerprint density at radius 3 is 3.00 bits per heavy atom. The van der Waals surface area contributed by atoms with E-state index in [0.29, 0.717) is 13.1 Å². The summed E-state index contributed by atoms with van der Waals surface area (Å²) in [7, 11) is 0. The van der Waals surface area contributed by atoms with Crippen LogP contribution in [-0.2, 0) is 19.6 Å². The zero-order chi connectivity index (χ0) is 11.2. The van der Waals surface area contributed by atoms with Crippen LogP contribution in [0.3, 0.4) is 0 Å². The van der Waals surface area contributed by atoms with E-state index in [1.165, 1.54) is 0 Å². The molecule has 0 saturated carbocycles. The molecule has 2 rings (SSSR count). The van der Waals surface area contributed by atoms with Gasteiger partial charge < -0.3 is 9.88 Å². The van der Waals surface area contributed by atoms with E-state index in [2.05, 4.69) is 32.4 Å². The van der Waals surface area contributed by atoms with Gasteiger partial charge in [-0.25, -0.2) is 0 Å². The number of aryl methyl sites for hydroxylation is 1. The minimum absolute atomic E-state index is 0.685. The maximum atomic E-state index is 4.17. The van der Waals surface area contributed by atoms with Gasteiger partial charge in [-0.3, -0.25) is 9.97 Å². The fourth-order valence-electron chi connectivity index (χ4n) is 1.40. The summed E-state index contributed by atoms with van der Waals surface area (Å²) < 4.78 is 2.00. The van der Waals surface area contributed by atoms with Gasteiger partial charge in [-0.2, -0.15) is 0 Å². The maximum absolute atomic E-state index is 4.17. The summed E-state index contributed by atoms with van der Waals surface area (Å²) in [4.78, 5) is 8.17. The number of aromatic nitrogens is 5. The third-order valence-corrected chi connectivity index (χ3v) is 2.24. The fraction of sp³-hybridized carbons (Fsp3) is 0.400. The van der Waals surface area contributed by atoms with Crippen LogP contribution in [0.15, 0.2) is 24.9 Å². The van der Waals surface area contributed by atoms with E-state index < -0.39 is 0 Å². The van der Waals surface area contributed by atoms with E-state index >= 15 is 0 Å². The molecule has 0 spiro atoms. The smallest absolute Gasteiger partial charge is 0.146 e. The lowest BCUT2D eigenvalue weighted by Gasteiger charge is -2.04. The van der Waals surface area contributed by atoms with Gasteiger partial charge in [0, 0.05) is 31.7 Å². The molecule has 0 aliphatic carbocycles. The maximum Gasteiger partial charge on any atom is 0.146 e. The van der Waals surface area contributed by atoms with Crippen molar-refractivity contribution in [1.82, 2.24) is 30.0 Å². The van der Waals surface area contributed by atoms with Gasteiger partial charge in [0.2, 0.25) is 0 Å². The highest BCUT2D eigenvalue weighted by Crippen LogP contribution is 1.95. The Bertz CT molecular complexity index is 424. The first-order chi connectivity index (χ1) is 7.90. The van der Waals surface area contributed by atoms with Crippen molar-refractivity contribution in [2.24, 2.45) is 0 Å². The molecule has 6 nitrogen and oxygen atoms in total. The Hall–Kier alpha value is -1.82. The molecule has 0 unspecified atom stereocenters. The summed E-state index contributed by atoms with van der Waals surface area (Å²) in [5.74, 6) is 0.936. The molecule has 2 heterocycles. The van der Waals surface area contributed by atoms with Crippen molar-refractivity contribution in [2.75, 3.05) is 0 Å². The van der Waals surface area contributed by atoms with Gasteiger partial charge in [-0.1, -0.05) is 0 Å². The van der Waals surface area contributed by atoms with E-state index in [1.807, 2.05) is 4.57 Å². The molecule has 0 aliphatic rings. The van der Waals surface area contributed by atoms with Crippen molar-refractivity contribution in [3.05, 3.63) is 36.4 Å². The van der Waals surface area contributed by atoms with Gasteiger partial charge >= 0.3 is 0 Å². The number of nitrogens with zero attached hydrogens (tertiary/aromatic N) is 5. The van der Waals surface area contributed by atoms with E-state index in [-0.39, 0.29) is 0 Å². The highest BCUT2D eigenvalue weighted by Gasteiger charge is 2.01. The fourth-order valence-corrected chi connectivity index (χ4v) is 1.40. The van der Waals surface area contributed by atoms with E-state index in [4.69, 9.17) is 0 Å². The van der Waals surface area contributed by atoms with Gasteiger partial charge in [0.05, 0.1) is 12.2 Å². The van der Waals surface area contributed by atoms with E-state index in [1.54, 1.807) is 24.9 Å². The molecule has 0 fully saturated rings. The number of nitrogens with one attached hydrogen (secondary N) is 1. The van der Waals surface area contributed by atoms with Crippen LogP contribution in [0.2, 0.25) is 0 Å². The Kier molecular flexibility index (Phi) is 3.55. The van der Waals surface area contributed by atoms with Crippen molar-refractivity contribution in [3.8, 4) is 0 Å². The van der Waals surface area contributed by atoms with E-state index in [9.17, 15) is 0 Å². The monoisotopic (exact) mass is 218 g/mol. The predicted molar refractivity (Wildman–Crippen MR) is 58.3 cm³/mol. The van der Waals surface area contributed by atoms with E-state index in [0.717, 1.165) is 18.1 Å². The van der Waals surface area contributed by atoms with Crippen molar-refractivity contribution in [3.63, 3.8) is 0 Å². The highest BCUT2D eigenvalue weighted by atomic mass is 15.3. The molecule has 1 N–H and O–H groups in total. The zero-order valence-electron chi connectivity index (χ0n) is 9.17. The highest BCUT2D eigenvalue weighted by molar-refractivity contribution is 4.94. The van der Waals surface area contributed by atoms with Crippen LogP contribution in [-0.4, -0.2) is 24.7 Å². The number of hydrogen-bond acceptors (Lipinski definition) is 5. The Labute approximate surface area is 93.8 Å². The standard InChI is InChI=1S/C10H14N6/c1-2-16-8-14-15-10(16)7-12-6-9-5-11-3-4-13-9/h3-5,8,12H,2,6-7H2,1H3. The molecule has 0 radical (unpaired) electrons. The lowest BCUT2D eigenvalue weighted by atomic mass is 10.4. The number of rotatable bonds is 5. The summed E-state index contributed by atoms with van der Waals surface area (Å²) in [5.41, 5.74) is 0.921. The van der Waals surface area contributed by atoms with Crippen LogP contribution in [0.1, 0.15) is 18.4 Å². The summed E-state index contributed by atoms with van der Waals surface area (Å²) in [5, 5.41) is 11.1. The summed E-state index contributed by atoms with van der Waals surface area (Å²) >= 11 is 0. The lowest BCUT2D eigenvalue weighted by Crippen LogP contribution is -2.17. The van der Waals surface area contributed by atoms with Crippen molar-refractivity contribution >= 4 is 0 Å². The third-order valence-electron chi connectivity index (χ3n) is 2.24. The normalized spacial score (nSPS) is 10.6. The summed E-state index contributed by atoms with van der Waals surface area (Å²) in [6, 6.07) is 0. The van der Waals surface area contributed by atoms with Crippen LogP contribution >= 0.6 is 0 Å². The van der Waals surface area contributed by atoms with Crippen LogP contribution in [0, 0.1) is 0 Å².